The molecule has 0 spiro atoms. The van der Waals surface area contributed by atoms with Crippen molar-refractivity contribution in [3.63, 3.8) is 0 Å². The van der Waals surface area contributed by atoms with Gasteiger partial charge in [-0.15, -0.1) is 0 Å². The van der Waals surface area contributed by atoms with Gasteiger partial charge in [-0.25, -0.2) is 0 Å². The lowest BCUT2D eigenvalue weighted by atomic mass is 9.98. The van der Waals surface area contributed by atoms with E-state index in [-0.39, 0.29) is 6.04 Å². The molecule has 2 unspecified atom stereocenters. The Labute approximate surface area is 59.5 Å². The fourth-order valence-corrected chi connectivity index (χ4v) is 1.07. The highest BCUT2D eigenvalue weighted by Crippen LogP contribution is 2.09. The van der Waals surface area contributed by atoms with Crippen LogP contribution in [0.5, 0.6) is 0 Å². The van der Waals surface area contributed by atoms with Crippen LogP contribution < -0.4 is 5.32 Å². The molecular weight excluding hydrogens is 134 g/mol. The standard InChI is InChI=1S/C6H13NO3/c1-3-5(9)6(10)4(8)2-7-3/h3-10H,2H2,1H3/t3?,4?,5-,6-/m1/s1. The molecule has 0 bridgehead atoms. The maximum Gasteiger partial charge on any atom is 0.108 e. The Bertz CT molecular complexity index is 106. The molecule has 0 saturated carbocycles. The monoisotopic (exact) mass is 147 g/mol. The summed E-state index contributed by atoms with van der Waals surface area (Å²) in [6.45, 7) is 2.11. The summed E-state index contributed by atoms with van der Waals surface area (Å²) in [5.74, 6) is 0. The maximum atomic E-state index is 9.14. The Morgan fingerprint density at radius 2 is 1.80 bits per heavy atom. The molecule has 60 valence electrons. The summed E-state index contributed by atoms with van der Waals surface area (Å²) in [7, 11) is 0. The van der Waals surface area contributed by atoms with Gasteiger partial charge in [0.05, 0.1) is 12.2 Å². The van der Waals surface area contributed by atoms with Crippen molar-refractivity contribution in [2.24, 2.45) is 0 Å². The molecule has 0 radical (unpaired) electrons. The number of aliphatic hydroxyl groups is 3. The smallest absolute Gasteiger partial charge is 0.108 e. The molecule has 0 aromatic carbocycles. The first-order valence-corrected chi connectivity index (χ1v) is 3.40. The van der Waals surface area contributed by atoms with E-state index < -0.39 is 18.3 Å². The lowest BCUT2D eigenvalue weighted by molar-refractivity contribution is -0.0910. The van der Waals surface area contributed by atoms with Crippen molar-refractivity contribution in [1.29, 1.82) is 0 Å². The van der Waals surface area contributed by atoms with Crippen molar-refractivity contribution < 1.29 is 15.3 Å². The van der Waals surface area contributed by atoms with Crippen LogP contribution in [0.4, 0.5) is 0 Å². The second-order valence-corrected chi connectivity index (χ2v) is 2.75. The zero-order valence-corrected chi connectivity index (χ0v) is 5.86. The fraction of sp³-hybridized carbons (Fsp3) is 1.00. The van der Waals surface area contributed by atoms with Crippen LogP contribution in [0.3, 0.4) is 0 Å². The third kappa shape index (κ3) is 1.29. The van der Waals surface area contributed by atoms with E-state index in [0.717, 1.165) is 0 Å². The summed E-state index contributed by atoms with van der Waals surface area (Å²) >= 11 is 0. The summed E-state index contributed by atoms with van der Waals surface area (Å²) in [4.78, 5) is 0. The maximum absolute atomic E-state index is 9.14. The molecule has 4 heteroatoms. The largest absolute Gasteiger partial charge is 0.389 e. The van der Waals surface area contributed by atoms with E-state index >= 15 is 0 Å². The first kappa shape index (κ1) is 7.94. The van der Waals surface area contributed by atoms with Crippen LogP contribution in [0.25, 0.3) is 0 Å². The average molecular weight is 147 g/mol. The number of hydrogen-bond acceptors (Lipinski definition) is 4. The van der Waals surface area contributed by atoms with Crippen molar-refractivity contribution in [3.8, 4) is 0 Å². The predicted molar refractivity (Wildman–Crippen MR) is 35.5 cm³/mol. The molecule has 1 fully saturated rings. The van der Waals surface area contributed by atoms with Crippen LogP contribution >= 0.6 is 0 Å². The zero-order valence-electron chi connectivity index (χ0n) is 5.86. The molecule has 4 atom stereocenters. The van der Waals surface area contributed by atoms with Gasteiger partial charge in [-0.3, -0.25) is 0 Å². The minimum Gasteiger partial charge on any atom is -0.389 e. The minimum absolute atomic E-state index is 0.140. The molecule has 4 nitrogen and oxygen atoms in total. The van der Waals surface area contributed by atoms with Gasteiger partial charge in [0.2, 0.25) is 0 Å². The van der Waals surface area contributed by atoms with E-state index in [9.17, 15) is 0 Å². The van der Waals surface area contributed by atoms with Crippen LogP contribution in [-0.2, 0) is 0 Å². The van der Waals surface area contributed by atoms with Crippen molar-refractivity contribution >= 4 is 0 Å². The predicted octanol–water partition coefficient (Wildman–Crippen LogP) is -1.94. The fourth-order valence-electron chi connectivity index (χ4n) is 1.07. The highest BCUT2D eigenvalue weighted by atomic mass is 16.4. The van der Waals surface area contributed by atoms with Gasteiger partial charge in [0, 0.05) is 12.6 Å². The second kappa shape index (κ2) is 2.84. The molecule has 0 aromatic heterocycles. The van der Waals surface area contributed by atoms with E-state index in [1.54, 1.807) is 6.92 Å². The molecule has 4 N–H and O–H groups in total. The number of β-amino-alcohol motifs (C(OH)–C–C–N with tert-alkyl or cyclic N) is 1. The van der Waals surface area contributed by atoms with Crippen molar-refractivity contribution in [2.75, 3.05) is 6.54 Å². The van der Waals surface area contributed by atoms with Gasteiger partial charge in [-0.1, -0.05) is 0 Å². The van der Waals surface area contributed by atoms with Gasteiger partial charge in [0.15, 0.2) is 0 Å². The summed E-state index contributed by atoms with van der Waals surface area (Å²) in [6, 6.07) is -0.140. The van der Waals surface area contributed by atoms with E-state index in [4.69, 9.17) is 15.3 Å². The third-order valence-corrected chi connectivity index (χ3v) is 1.91. The number of piperidine rings is 1. The van der Waals surface area contributed by atoms with Gasteiger partial charge < -0.3 is 20.6 Å². The van der Waals surface area contributed by atoms with E-state index in [0.29, 0.717) is 6.54 Å². The Hall–Kier alpha value is -0.160. The van der Waals surface area contributed by atoms with Crippen molar-refractivity contribution in [3.05, 3.63) is 0 Å². The number of rotatable bonds is 0. The third-order valence-electron chi connectivity index (χ3n) is 1.91. The number of nitrogens with one attached hydrogen (secondary N) is 1. The summed E-state index contributed by atoms with van der Waals surface area (Å²) in [6.07, 6.45) is -2.70. The molecule has 0 aliphatic carbocycles. The molecule has 0 aromatic rings. The average Bonchev–Trinajstić information content (AvgIpc) is 1.93. The lowest BCUT2D eigenvalue weighted by Crippen LogP contribution is -2.58. The van der Waals surface area contributed by atoms with E-state index in [1.807, 2.05) is 0 Å². The first-order valence-electron chi connectivity index (χ1n) is 3.40. The van der Waals surface area contributed by atoms with Gasteiger partial charge >= 0.3 is 0 Å². The van der Waals surface area contributed by atoms with Crippen molar-refractivity contribution in [1.82, 2.24) is 5.32 Å². The second-order valence-electron chi connectivity index (χ2n) is 2.75. The number of aliphatic hydroxyl groups excluding tert-OH is 3. The van der Waals surface area contributed by atoms with Gasteiger partial charge in [-0.2, -0.15) is 0 Å². The van der Waals surface area contributed by atoms with Crippen molar-refractivity contribution in [2.45, 2.75) is 31.3 Å². The molecule has 0 amide bonds. The zero-order chi connectivity index (χ0) is 7.72. The normalized spacial score (nSPS) is 49.2. The lowest BCUT2D eigenvalue weighted by Gasteiger charge is -2.33. The SMILES string of the molecule is CC1NCC(O)[C@@H](O)[C@@H]1O. The minimum atomic E-state index is -1.00. The summed E-state index contributed by atoms with van der Waals surface area (Å²) in [5, 5.41) is 30.1. The van der Waals surface area contributed by atoms with E-state index in [2.05, 4.69) is 5.32 Å². The molecule has 1 aliphatic heterocycles. The molecule has 1 aliphatic rings. The Morgan fingerprint density at radius 1 is 1.20 bits per heavy atom. The molecule has 1 heterocycles. The van der Waals surface area contributed by atoms with Crippen LogP contribution in [0.2, 0.25) is 0 Å². The Morgan fingerprint density at radius 3 is 2.30 bits per heavy atom. The van der Waals surface area contributed by atoms with Crippen LogP contribution in [0.1, 0.15) is 6.92 Å². The highest BCUT2D eigenvalue weighted by Gasteiger charge is 2.33. The number of hydrogen-bond donors (Lipinski definition) is 4. The Balaban J connectivity index is 2.52. The highest BCUT2D eigenvalue weighted by molar-refractivity contribution is 4.89. The molecule has 10 heavy (non-hydrogen) atoms. The Kier molecular flexibility index (Phi) is 2.25. The molecule has 1 rings (SSSR count). The van der Waals surface area contributed by atoms with Gasteiger partial charge in [-0.05, 0) is 6.92 Å². The molecular formula is C6H13NO3. The van der Waals surface area contributed by atoms with Crippen LogP contribution in [-0.4, -0.2) is 46.2 Å². The van der Waals surface area contributed by atoms with Gasteiger partial charge in [0.25, 0.3) is 0 Å². The van der Waals surface area contributed by atoms with Gasteiger partial charge in [0.1, 0.15) is 6.10 Å². The van der Waals surface area contributed by atoms with E-state index in [1.165, 1.54) is 0 Å². The van der Waals surface area contributed by atoms with Crippen LogP contribution in [0.15, 0.2) is 0 Å². The summed E-state index contributed by atoms with van der Waals surface area (Å²) < 4.78 is 0. The summed E-state index contributed by atoms with van der Waals surface area (Å²) in [5.41, 5.74) is 0. The quantitative estimate of drug-likeness (QED) is 0.322. The molecule has 1 saturated heterocycles. The topological polar surface area (TPSA) is 72.7 Å². The first-order chi connectivity index (χ1) is 4.63. The van der Waals surface area contributed by atoms with Crippen LogP contribution in [0, 0.1) is 0 Å².